The molecule has 0 aromatic rings. The van der Waals surface area contributed by atoms with Crippen LogP contribution < -0.4 is 0 Å². The van der Waals surface area contributed by atoms with Crippen molar-refractivity contribution in [2.45, 2.75) is 57.2 Å². The Morgan fingerprint density at radius 2 is 1.86 bits per heavy atom. The molecule has 1 heterocycles. The van der Waals surface area contributed by atoms with Gasteiger partial charge in [-0.05, 0) is 12.3 Å². The van der Waals surface area contributed by atoms with E-state index < -0.39 is 39.8 Å². The minimum atomic E-state index is -1.94. The Morgan fingerprint density at radius 1 is 1.24 bits per heavy atom. The summed E-state index contributed by atoms with van der Waals surface area (Å²) in [5.74, 6) is -2.59. The van der Waals surface area contributed by atoms with E-state index in [1.165, 1.54) is 0 Å². The van der Waals surface area contributed by atoms with Crippen LogP contribution in [0.3, 0.4) is 0 Å². The normalized spacial score (nSPS) is 68.5. The fourth-order valence-corrected chi connectivity index (χ4v) is 6.25. The number of aliphatic hydroxyl groups is 4. The molecule has 0 amide bonds. The van der Waals surface area contributed by atoms with Crippen LogP contribution in [0.25, 0.3) is 0 Å². The van der Waals surface area contributed by atoms with Crippen LogP contribution in [0.15, 0.2) is 0 Å². The Kier molecular flexibility index (Phi) is 2.16. The van der Waals surface area contributed by atoms with Gasteiger partial charge in [0, 0.05) is 17.3 Å². The average Bonchev–Trinajstić information content (AvgIpc) is 2.74. The number of Topliss-reactive ketones (excluding diaryl/α,β-unsaturated/α-hetero) is 1. The number of fused-ring (bicyclic) bond motifs is 1. The van der Waals surface area contributed by atoms with Gasteiger partial charge >= 0.3 is 0 Å². The second kappa shape index (κ2) is 3.21. The minimum absolute atomic E-state index is 0.0647. The molecule has 0 aromatic heterocycles. The van der Waals surface area contributed by atoms with E-state index in [1.54, 1.807) is 20.8 Å². The topological polar surface area (TPSA) is 107 Å². The number of carbonyl (C=O) groups excluding carboxylic acids is 1. The molecule has 4 aliphatic carbocycles. The lowest BCUT2D eigenvalue weighted by Crippen LogP contribution is -2.85. The standard InChI is InChI=1S/C15H22O6/c1-7-4-8(16)14(19)11(2)6-21-15(20)10(18)13(7,14)5-9(17)12(11,15)3/h7,9-10,17-20H,4-6H2,1-3H3/t7-,9-,10-,11-,12-,13+,14+,15-/m1/s1. The molecule has 4 bridgehead atoms. The zero-order valence-electron chi connectivity index (χ0n) is 12.5. The highest BCUT2D eigenvalue weighted by atomic mass is 16.7. The molecule has 1 saturated heterocycles. The monoisotopic (exact) mass is 298 g/mol. The van der Waals surface area contributed by atoms with Gasteiger partial charge in [-0.25, -0.2) is 0 Å². The SMILES string of the molecule is C[C@@H]1CC(=O)[C@@]2(O)[C@@]13C[C@@H](O)[C@]1(C)[C@@]2(C)CO[C@]1(O)[C@@H]3O. The van der Waals surface area contributed by atoms with E-state index in [1.807, 2.05) is 0 Å². The molecule has 1 spiro atoms. The summed E-state index contributed by atoms with van der Waals surface area (Å²) in [6.45, 7) is 5.01. The van der Waals surface area contributed by atoms with Crippen molar-refractivity contribution < 1.29 is 30.0 Å². The molecule has 0 aromatic carbocycles. The van der Waals surface area contributed by atoms with Crippen molar-refractivity contribution in [3.8, 4) is 0 Å². The summed E-state index contributed by atoms with van der Waals surface area (Å²) in [5, 5.41) is 43.9. The number of rotatable bonds is 0. The summed E-state index contributed by atoms with van der Waals surface area (Å²) >= 11 is 0. The molecule has 4 N–H and O–H groups in total. The van der Waals surface area contributed by atoms with Crippen molar-refractivity contribution in [3.63, 3.8) is 0 Å². The molecule has 118 valence electrons. The third-order valence-corrected chi connectivity index (χ3v) is 7.77. The van der Waals surface area contributed by atoms with Crippen molar-refractivity contribution in [2.24, 2.45) is 22.2 Å². The van der Waals surface area contributed by atoms with Gasteiger partial charge < -0.3 is 25.2 Å². The number of ketones is 1. The van der Waals surface area contributed by atoms with Crippen LogP contribution in [-0.2, 0) is 9.53 Å². The molecule has 1 aliphatic heterocycles. The van der Waals surface area contributed by atoms with Crippen molar-refractivity contribution in [2.75, 3.05) is 6.61 Å². The molecule has 6 heteroatoms. The smallest absolute Gasteiger partial charge is 0.201 e. The van der Waals surface area contributed by atoms with E-state index in [4.69, 9.17) is 4.74 Å². The Labute approximate surface area is 122 Å². The summed E-state index contributed by atoms with van der Waals surface area (Å²) in [7, 11) is 0. The fourth-order valence-electron chi connectivity index (χ4n) is 6.25. The number of hydrogen-bond acceptors (Lipinski definition) is 6. The molecule has 5 rings (SSSR count). The fraction of sp³-hybridized carbons (Fsp3) is 0.933. The summed E-state index contributed by atoms with van der Waals surface area (Å²) < 4.78 is 5.51. The van der Waals surface area contributed by atoms with E-state index in [0.29, 0.717) is 0 Å². The van der Waals surface area contributed by atoms with Crippen LogP contribution in [0.5, 0.6) is 0 Å². The van der Waals surface area contributed by atoms with Crippen LogP contribution in [0, 0.1) is 22.2 Å². The lowest BCUT2D eigenvalue weighted by molar-refractivity contribution is -0.406. The van der Waals surface area contributed by atoms with Gasteiger partial charge in [0.2, 0.25) is 5.79 Å². The van der Waals surface area contributed by atoms with E-state index in [-0.39, 0.29) is 31.1 Å². The Balaban J connectivity index is 2.12. The van der Waals surface area contributed by atoms with Crippen LogP contribution >= 0.6 is 0 Å². The third-order valence-electron chi connectivity index (χ3n) is 7.77. The first-order chi connectivity index (χ1) is 9.54. The summed E-state index contributed by atoms with van der Waals surface area (Å²) in [6.07, 6.45) is -2.12. The molecule has 4 saturated carbocycles. The Bertz CT molecular complexity index is 564. The lowest BCUT2D eigenvalue weighted by atomic mass is 9.34. The molecule has 6 nitrogen and oxygen atoms in total. The molecule has 5 aliphatic rings. The molecular formula is C15H22O6. The quantitative estimate of drug-likeness (QED) is 0.466. The second-order valence-corrected chi connectivity index (χ2v) is 7.92. The van der Waals surface area contributed by atoms with E-state index in [0.717, 1.165) is 0 Å². The zero-order chi connectivity index (χ0) is 15.6. The van der Waals surface area contributed by atoms with E-state index >= 15 is 0 Å². The summed E-state index contributed by atoms with van der Waals surface area (Å²) in [4.78, 5) is 12.6. The van der Waals surface area contributed by atoms with Gasteiger partial charge in [-0.1, -0.05) is 20.8 Å². The highest BCUT2D eigenvalue weighted by molar-refractivity contribution is 5.93. The van der Waals surface area contributed by atoms with Crippen molar-refractivity contribution in [1.82, 2.24) is 0 Å². The highest BCUT2D eigenvalue weighted by Gasteiger charge is 2.93. The largest absolute Gasteiger partial charge is 0.392 e. The minimum Gasteiger partial charge on any atom is -0.392 e. The maximum Gasteiger partial charge on any atom is 0.201 e. The van der Waals surface area contributed by atoms with Crippen molar-refractivity contribution in [1.29, 1.82) is 0 Å². The molecule has 0 unspecified atom stereocenters. The van der Waals surface area contributed by atoms with Gasteiger partial charge in [-0.2, -0.15) is 0 Å². The highest BCUT2D eigenvalue weighted by Crippen LogP contribution is 2.80. The molecular weight excluding hydrogens is 276 g/mol. The predicted octanol–water partition coefficient (Wildman–Crippen LogP) is -0.817. The van der Waals surface area contributed by atoms with Crippen LogP contribution in [0.4, 0.5) is 0 Å². The molecule has 5 fully saturated rings. The van der Waals surface area contributed by atoms with Gasteiger partial charge in [-0.3, -0.25) is 4.79 Å². The van der Waals surface area contributed by atoms with Crippen molar-refractivity contribution in [3.05, 3.63) is 0 Å². The van der Waals surface area contributed by atoms with Crippen LogP contribution in [-0.4, -0.2) is 56.4 Å². The van der Waals surface area contributed by atoms with Gasteiger partial charge in [0.05, 0.1) is 18.1 Å². The number of carbonyl (C=O) groups is 1. The average molecular weight is 298 g/mol. The Morgan fingerprint density at radius 3 is 2.48 bits per heavy atom. The number of ether oxygens (including phenoxy) is 1. The third kappa shape index (κ3) is 0.895. The Hall–Kier alpha value is -0.530. The predicted molar refractivity (Wildman–Crippen MR) is 69.9 cm³/mol. The van der Waals surface area contributed by atoms with Gasteiger partial charge in [0.25, 0.3) is 0 Å². The summed E-state index contributed by atoms with van der Waals surface area (Å²) in [5.41, 5.74) is -5.47. The first kappa shape index (κ1) is 14.1. The zero-order valence-corrected chi connectivity index (χ0v) is 12.5. The maximum atomic E-state index is 12.6. The first-order valence-corrected chi connectivity index (χ1v) is 7.52. The first-order valence-electron chi connectivity index (χ1n) is 7.52. The number of hydrogen-bond donors (Lipinski definition) is 4. The van der Waals surface area contributed by atoms with Gasteiger partial charge in [0.1, 0.15) is 11.7 Å². The van der Waals surface area contributed by atoms with Crippen molar-refractivity contribution >= 4 is 5.78 Å². The maximum absolute atomic E-state index is 12.6. The van der Waals surface area contributed by atoms with Crippen LogP contribution in [0.2, 0.25) is 0 Å². The van der Waals surface area contributed by atoms with Crippen LogP contribution in [0.1, 0.15) is 33.6 Å². The lowest BCUT2D eigenvalue weighted by Gasteiger charge is -2.71. The molecule has 0 radical (unpaired) electrons. The molecule has 21 heavy (non-hydrogen) atoms. The van der Waals surface area contributed by atoms with Gasteiger partial charge in [0.15, 0.2) is 5.78 Å². The van der Waals surface area contributed by atoms with Gasteiger partial charge in [-0.15, -0.1) is 0 Å². The van der Waals surface area contributed by atoms with E-state index in [2.05, 4.69) is 0 Å². The second-order valence-electron chi connectivity index (χ2n) is 7.92. The van der Waals surface area contributed by atoms with E-state index in [9.17, 15) is 25.2 Å². The number of aliphatic hydroxyl groups excluding tert-OH is 2. The molecule has 8 atom stereocenters. The summed E-state index contributed by atoms with van der Waals surface area (Å²) in [6, 6.07) is 0.